The third-order valence-corrected chi connectivity index (χ3v) is 6.15. The van der Waals surface area contributed by atoms with Crippen molar-refractivity contribution in [2.45, 2.75) is 18.4 Å². The summed E-state index contributed by atoms with van der Waals surface area (Å²) in [4.78, 5) is 36.0. The van der Waals surface area contributed by atoms with Crippen LogP contribution in [0.15, 0.2) is 66.7 Å². The first-order valence-corrected chi connectivity index (χ1v) is 11.3. The molecule has 4 rings (SSSR count). The van der Waals surface area contributed by atoms with E-state index < -0.39 is 24.0 Å². The maximum absolute atomic E-state index is 12.5. The number of carbonyl (C=O) groups is 3. The van der Waals surface area contributed by atoms with E-state index in [1.807, 2.05) is 48.5 Å². The normalized spacial score (nSPS) is 12.9. The Morgan fingerprint density at radius 1 is 0.971 bits per heavy atom. The number of ether oxygens (including phenoxy) is 1. The van der Waals surface area contributed by atoms with E-state index in [0.717, 1.165) is 22.3 Å². The summed E-state index contributed by atoms with van der Waals surface area (Å²) in [6.45, 7) is -0.250. The van der Waals surface area contributed by atoms with Gasteiger partial charge in [0.25, 0.3) is 5.91 Å². The molecule has 0 heterocycles. The molecule has 0 radical (unpaired) electrons. The number of hydrogen-bond acceptors (Lipinski definition) is 5. The van der Waals surface area contributed by atoms with Crippen molar-refractivity contribution in [3.8, 4) is 11.1 Å². The van der Waals surface area contributed by atoms with Crippen LogP contribution in [0.1, 0.15) is 33.8 Å². The molecule has 0 saturated carbocycles. The Balaban J connectivity index is 1.39. The number of benzene rings is 3. The standard InChI is InChI=1S/C26H23ClN2O6/c27-21-13-15(24(31)28-23(11-12-30)25(32)33)9-10-22(21)29-26(34)35-14-20-18-7-3-1-5-16(18)17-6-2-4-8-19(17)20/h1-10,13,20,23,30H,11-12,14H2,(H,28,31)(H,29,34)(H,32,33). The number of aliphatic hydroxyl groups is 1. The van der Waals surface area contributed by atoms with Crippen molar-refractivity contribution < 1.29 is 29.3 Å². The molecular formula is C26H23ClN2O6. The molecule has 0 spiro atoms. The highest BCUT2D eigenvalue weighted by atomic mass is 35.5. The Bertz CT molecular complexity index is 1230. The molecule has 4 N–H and O–H groups in total. The summed E-state index contributed by atoms with van der Waals surface area (Å²) in [5.41, 5.74) is 4.78. The number of carboxylic acids is 1. The molecule has 0 bridgehead atoms. The minimum absolute atomic E-state index is 0.0835. The van der Waals surface area contributed by atoms with Crippen molar-refractivity contribution >= 4 is 35.3 Å². The van der Waals surface area contributed by atoms with Gasteiger partial charge in [0.15, 0.2) is 0 Å². The van der Waals surface area contributed by atoms with Gasteiger partial charge in [-0.1, -0.05) is 60.1 Å². The Kier molecular flexibility index (Phi) is 7.33. The SMILES string of the molecule is O=C(Nc1ccc(C(=O)NC(CCO)C(=O)O)cc1Cl)OCC1c2ccccc2-c2ccccc21. The quantitative estimate of drug-likeness (QED) is 0.370. The molecule has 0 aliphatic heterocycles. The average molecular weight is 495 g/mol. The number of carbonyl (C=O) groups excluding carboxylic acids is 2. The van der Waals surface area contributed by atoms with Crippen molar-refractivity contribution in [3.05, 3.63) is 88.4 Å². The first-order chi connectivity index (χ1) is 16.9. The van der Waals surface area contributed by atoms with Gasteiger partial charge in [0.1, 0.15) is 12.6 Å². The molecule has 1 unspecified atom stereocenters. The number of hydrogen-bond donors (Lipinski definition) is 4. The summed E-state index contributed by atoms with van der Waals surface area (Å²) < 4.78 is 5.51. The zero-order chi connectivity index (χ0) is 24.9. The van der Waals surface area contributed by atoms with E-state index in [0.29, 0.717) is 0 Å². The van der Waals surface area contributed by atoms with Crippen molar-refractivity contribution in [1.82, 2.24) is 5.32 Å². The number of amides is 2. The van der Waals surface area contributed by atoms with Crippen LogP contribution in [-0.2, 0) is 9.53 Å². The molecule has 1 aliphatic rings. The van der Waals surface area contributed by atoms with Gasteiger partial charge < -0.3 is 20.3 Å². The lowest BCUT2D eigenvalue weighted by molar-refractivity contribution is -0.139. The van der Waals surface area contributed by atoms with Crippen LogP contribution in [0, 0.1) is 0 Å². The maximum Gasteiger partial charge on any atom is 0.411 e. The van der Waals surface area contributed by atoms with Crippen molar-refractivity contribution in [2.75, 3.05) is 18.5 Å². The van der Waals surface area contributed by atoms with Gasteiger partial charge in [-0.2, -0.15) is 0 Å². The van der Waals surface area contributed by atoms with Crippen molar-refractivity contribution in [3.63, 3.8) is 0 Å². The summed E-state index contributed by atoms with van der Waals surface area (Å²) in [5.74, 6) is -2.01. The number of halogens is 1. The van der Waals surface area contributed by atoms with Crippen LogP contribution in [0.4, 0.5) is 10.5 Å². The van der Waals surface area contributed by atoms with E-state index in [1.54, 1.807) is 0 Å². The summed E-state index contributed by atoms with van der Waals surface area (Å²) in [7, 11) is 0. The molecule has 8 nitrogen and oxygen atoms in total. The fourth-order valence-electron chi connectivity index (χ4n) is 4.13. The Morgan fingerprint density at radius 2 is 1.60 bits per heavy atom. The number of anilines is 1. The van der Waals surface area contributed by atoms with Crippen LogP contribution in [0.3, 0.4) is 0 Å². The fourth-order valence-corrected chi connectivity index (χ4v) is 4.36. The minimum atomic E-state index is -1.26. The minimum Gasteiger partial charge on any atom is -0.480 e. The highest BCUT2D eigenvalue weighted by Crippen LogP contribution is 2.44. The zero-order valence-electron chi connectivity index (χ0n) is 18.5. The number of nitrogens with one attached hydrogen (secondary N) is 2. The van der Waals surface area contributed by atoms with E-state index in [1.165, 1.54) is 18.2 Å². The highest BCUT2D eigenvalue weighted by Gasteiger charge is 2.29. The molecule has 2 amide bonds. The van der Waals surface area contributed by atoms with E-state index in [2.05, 4.69) is 10.6 Å². The number of fused-ring (bicyclic) bond motifs is 3. The zero-order valence-corrected chi connectivity index (χ0v) is 19.3. The lowest BCUT2D eigenvalue weighted by Crippen LogP contribution is -2.41. The molecule has 0 saturated heterocycles. The second-order valence-electron chi connectivity index (χ2n) is 8.02. The summed E-state index contributed by atoms with van der Waals surface area (Å²) >= 11 is 6.23. The molecule has 1 atom stereocenters. The van der Waals surface area contributed by atoms with E-state index in [4.69, 9.17) is 26.6 Å². The summed E-state index contributed by atoms with van der Waals surface area (Å²) in [6.07, 6.45) is -0.823. The van der Waals surface area contributed by atoms with Gasteiger partial charge in [-0.15, -0.1) is 0 Å². The predicted octanol–water partition coefficient (Wildman–Crippen LogP) is 4.27. The average Bonchev–Trinajstić information content (AvgIpc) is 3.17. The van der Waals surface area contributed by atoms with Gasteiger partial charge >= 0.3 is 12.1 Å². The van der Waals surface area contributed by atoms with Crippen LogP contribution in [0.2, 0.25) is 5.02 Å². The lowest BCUT2D eigenvalue weighted by Gasteiger charge is -2.16. The first kappa shape index (κ1) is 24.3. The van der Waals surface area contributed by atoms with Gasteiger partial charge in [-0.05, 0) is 40.5 Å². The molecule has 180 valence electrons. The van der Waals surface area contributed by atoms with E-state index >= 15 is 0 Å². The van der Waals surface area contributed by atoms with Crippen LogP contribution in [0.5, 0.6) is 0 Å². The molecule has 3 aromatic rings. The molecule has 1 aliphatic carbocycles. The van der Waals surface area contributed by atoms with Gasteiger partial charge in [-0.25, -0.2) is 9.59 Å². The maximum atomic E-state index is 12.5. The van der Waals surface area contributed by atoms with Crippen LogP contribution >= 0.6 is 11.6 Å². The smallest absolute Gasteiger partial charge is 0.411 e. The highest BCUT2D eigenvalue weighted by molar-refractivity contribution is 6.34. The van der Waals surface area contributed by atoms with Crippen molar-refractivity contribution in [1.29, 1.82) is 0 Å². The molecule has 0 fully saturated rings. The topological polar surface area (TPSA) is 125 Å². The molecule has 35 heavy (non-hydrogen) atoms. The Hall–Kier alpha value is -3.88. The number of aliphatic carboxylic acids is 1. The Morgan fingerprint density at radius 3 is 2.17 bits per heavy atom. The van der Waals surface area contributed by atoms with Crippen molar-refractivity contribution in [2.24, 2.45) is 0 Å². The second kappa shape index (κ2) is 10.6. The van der Waals surface area contributed by atoms with Crippen LogP contribution in [-0.4, -0.2) is 47.4 Å². The van der Waals surface area contributed by atoms with Gasteiger partial charge in [-0.3, -0.25) is 10.1 Å². The third-order valence-electron chi connectivity index (χ3n) is 5.83. The molecule has 0 aromatic heterocycles. The second-order valence-corrected chi connectivity index (χ2v) is 8.43. The molecule has 9 heteroatoms. The first-order valence-electron chi connectivity index (χ1n) is 10.9. The van der Waals surface area contributed by atoms with Crippen LogP contribution in [0.25, 0.3) is 11.1 Å². The fraction of sp³-hybridized carbons (Fsp3) is 0.192. The molecule has 3 aromatic carbocycles. The van der Waals surface area contributed by atoms with Crippen LogP contribution < -0.4 is 10.6 Å². The Labute approximate surface area is 206 Å². The largest absolute Gasteiger partial charge is 0.480 e. The van der Waals surface area contributed by atoms with Gasteiger partial charge in [0, 0.05) is 24.5 Å². The van der Waals surface area contributed by atoms with E-state index in [-0.39, 0.29) is 41.8 Å². The predicted molar refractivity (Wildman–Crippen MR) is 131 cm³/mol. The monoisotopic (exact) mass is 494 g/mol. The molecular weight excluding hydrogens is 472 g/mol. The van der Waals surface area contributed by atoms with Gasteiger partial charge in [0.05, 0.1) is 10.7 Å². The number of carboxylic acid groups (broad SMARTS) is 1. The summed E-state index contributed by atoms with van der Waals surface area (Å²) in [6, 6.07) is 18.9. The third kappa shape index (κ3) is 5.29. The number of rotatable bonds is 8. The van der Waals surface area contributed by atoms with E-state index in [9.17, 15) is 14.4 Å². The lowest BCUT2D eigenvalue weighted by atomic mass is 9.98. The number of aliphatic hydroxyl groups excluding tert-OH is 1. The van der Waals surface area contributed by atoms with Gasteiger partial charge in [0.2, 0.25) is 0 Å². The summed E-state index contributed by atoms with van der Waals surface area (Å²) in [5, 5.41) is 23.1.